The second-order valence-corrected chi connectivity index (χ2v) is 8.31. The molecule has 2 aromatic carbocycles. The van der Waals surface area contributed by atoms with Crippen LogP contribution in [-0.4, -0.2) is 27.7 Å². The molecule has 152 valence electrons. The number of fused-ring (bicyclic) bond motifs is 3. The standard InChI is InChI=1S/C24H17N3O3S/c25-12-16(23-27-19-9-3-4-11-21(19)31-23)20(28)13-30-24(29)22-14-6-1-2-8-17(14)26-18-10-5-7-15(18)22/h1-4,6,8-9,11,28H,5,7,10,13H2. The Morgan fingerprint density at radius 1 is 1.10 bits per heavy atom. The lowest BCUT2D eigenvalue weighted by molar-refractivity contribution is 0.0504. The number of hydrogen-bond acceptors (Lipinski definition) is 7. The fraction of sp³-hybridized carbons (Fsp3) is 0.167. The van der Waals surface area contributed by atoms with Crippen LogP contribution in [0, 0.1) is 11.3 Å². The zero-order valence-corrected chi connectivity index (χ0v) is 17.3. The summed E-state index contributed by atoms with van der Waals surface area (Å²) in [5.74, 6) is -0.838. The topological polar surface area (TPSA) is 96.1 Å². The van der Waals surface area contributed by atoms with Gasteiger partial charge in [-0.2, -0.15) is 5.26 Å². The molecule has 0 unspecified atom stereocenters. The minimum Gasteiger partial charge on any atom is -0.507 e. The molecule has 0 amide bonds. The molecule has 2 aromatic heterocycles. The van der Waals surface area contributed by atoms with Crippen molar-refractivity contribution in [1.82, 2.24) is 9.97 Å². The molecule has 7 heteroatoms. The first-order chi connectivity index (χ1) is 15.2. The van der Waals surface area contributed by atoms with E-state index in [1.54, 1.807) is 0 Å². The van der Waals surface area contributed by atoms with E-state index in [1.807, 2.05) is 54.6 Å². The van der Waals surface area contributed by atoms with E-state index in [4.69, 9.17) is 4.74 Å². The molecule has 0 radical (unpaired) electrons. The Kier molecular flexibility index (Phi) is 4.85. The van der Waals surface area contributed by atoms with Gasteiger partial charge in [-0.25, -0.2) is 9.78 Å². The molecular formula is C24H17N3O3S. The van der Waals surface area contributed by atoms with Crippen molar-refractivity contribution in [2.75, 3.05) is 6.61 Å². The van der Waals surface area contributed by atoms with Crippen molar-refractivity contribution in [3.05, 3.63) is 76.1 Å². The van der Waals surface area contributed by atoms with E-state index in [0.29, 0.717) is 10.6 Å². The van der Waals surface area contributed by atoms with Crippen LogP contribution in [0.1, 0.15) is 33.0 Å². The average molecular weight is 427 g/mol. The van der Waals surface area contributed by atoms with Gasteiger partial charge in [0.05, 0.1) is 21.3 Å². The van der Waals surface area contributed by atoms with Crippen LogP contribution in [0.15, 0.2) is 54.3 Å². The van der Waals surface area contributed by atoms with E-state index in [0.717, 1.165) is 51.6 Å². The van der Waals surface area contributed by atoms with Crippen molar-refractivity contribution in [2.24, 2.45) is 0 Å². The maximum absolute atomic E-state index is 13.0. The number of para-hydroxylation sites is 2. The van der Waals surface area contributed by atoms with Crippen molar-refractivity contribution in [3.63, 3.8) is 0 Å². The normalized spacial score (nSPS) is 13.6. The minimum atomic E-state index is -0.523. The van der Waals surface area contributed by atoms with Crippen molar-refractivity contribution < 1.29 is 14.6 Å². The number of allylic oxidation sites excluding steroid dienone is 1. The van der Waals surface area contributed by atoms with E-state index in [-0.39, 0.29) is 11.3 Å². The monoisotopic (exact) mass is 427 g/mol. The molecule has 0 spiro atoms. The van der Waals surface area contributed by atoms with Gasteiger partial charge in [-0.15, -0.1) is 11.3 Å². The maximum Gasteiger partial charge on any atom is 0.339 e. The van der Waals surface area contributed by atoms with Crippen LogP contribution in [0.4, 0.5) is 0 Å². The number of aliphatic hydroxyl groups is 1. The van der Waals surface area contributed by atoms with Crippen LogP contribution in [0.2, 0.25) is 0 Å². The summed E-state index contributed by atoms with van der Waals surface area (Å²) in [6.45, 7) is -0.400. The van der Waals surface area contributed by atoms with E-state index in [9.17, 15) is 15.2 Å². The summed E-state index contributed by atoms with van der Waals surface area (Å²) in [7, 11) is 0. The lowest BCUT2D eigenvalue weighted by Gasteiger charge is -2.12. The van der Waals surface area contributed by atoms with E-state index < -0.39 is 12.6 Å². The second-order valence-electron chi connectivity index (χ2n) is 7.28. The third-order valence-corrected chi connectivity index (χ3v) is 6.43. The number of thiazole rings is 1. The largest absolute Gasteiger partial charge is 0.507 e. The summed E-state index contributed by atoms with van der Waals surface area (Å²) in [5.41, 5.74) is 3.86. The lowest BCUT2D eigenvalue weighted by Crippen LogP contribution is -2.13. The number of aliphatic hydroxyl groups excluding tert-OH is 1. The highest BCUT2D eigenvalue weighted by atomic mass is 32.1. The number of ether oxygens (including phenoxy) is 1. The molecule has 6 nitrogen and oxygen atoms in total. The number of rotatable bonds is 4. The van der Waals surface area contributed by atoms with Crippen molar-refractivity contribution in [2.45, 2.75) is 19.3 Å². The maximum atomic E-state index is 13.0. The Labute approximate surface area is 182 Å². The molecule has 1 aliphatic carbocycles. The minimum absolute atomic E-state index is 0.0128. The van der Waals surface area contributed by atoms with Crippen molar-refractivity contribution in [3.8, 4) is 6.07 Å². The smallest absolute Gasteiger partial charge is 0.339 e. The Hall–Kier alpha value is -3.76. The summed E-state index contributed by atoms with van der Waals surface area (Å²) >= 11 is 1.31. The number of esters is 1. The van der Waals surface area contributed by atoms with Gasteiger partial charge in [0.2, 0.25) is 0 Å². The molecule has 0 bridgehead atoms. The third-order valence-electron chi connectivity index (χ3n) is 5.37. The van der Waals surface area contributed by atoms with Crippen LogP contribution in [-0.2, 0) is 17.6 Å². The number of hydrogen-bond donors (Lipinski definition) is 1. The third kappa shape index (κ3) is 3.41. The van der Waals surface area contributed by atoms with Gasteiger partial charge in [-0.05, 0) is 43.0 Å². The molecule has 0 saturated carbocycles. The average Bonchev–Trinajstić information content (AvgIpc) is 3.42. The zero-order valence-electron chi connectivity index (χ0n) is 16.5. The summed E-state index contributed by atoms with van der Waals surface area (Å²) < 4.78 is 6.36. The quantitative estimate of drug-likeness (QED) is 0.280. The second kappa shape index (κ2) is 7.82. The summed E-state index contributed by atoms with van der Waals surface area (Å²) in [4.78, 5) is 22.1. The molecule has 5 rings (SSSR count). The van der Waals surface area contributed by atoms with Gasteiger partial charge in [-0.3, -0.25) is 4.98 Å². The summed E-state index contributed by atoms with van der Waals surface area (Å²) in [6, 6.07) is 17.0. The molecule has 1 N–H and O–H groups in total. The Balaban J connectivity index is 1.46. The van der Waals surface area contributed by atoms with Crippen LogP contribution in [0.5, 0.6) is 0 Å². The Morgan fingerprint density at radius 2 is 1.87 bits per heavy atom. The molecule has 0 fully saturated rings. The molecule has 31 heavy (non-hydrogen) atoms. The highest BCUT2D eigenvalue weighted by Gasteiger charge is 2.25. The molecule has 1 aliphatic rings. The number of pyridine rings is 1. The van der Waals surface area contributed by atoms with Crippen molar-refractivity contribution >= 4 is 44.0 Å². The first-order valence-electron chi connectivity index (χ1n) is 9.91. The molecule has 0 saturated heterocycles. The zero-order chi connectivity index (χ0) is 21.4. The predicted octanol–water partition coefficient (Wildman–Crippen LogP) is 4.98. The van der Waals surface area contributed by atoms with Gasteiger partial charge in [0.15, 0.2) is 5.76 Å². The number of benzene rings is 2. The van der Waals surface area contributed by atoms with Crippen molar-refractivity contribution in [1.29, 1.82) is 5.26 Å². The first kappa shape index (κ1) is 19.2. The fourth-order valence-corrected chi connectivity index (χ4v) is 4.92. The van der Waals surface area contributed by atoms with Crippen LogP contribution < -0.4 is 0 Å². The first-order valence-corrected chi connectivity index (χ1v) is 10.7. The lowest BCUT2D eigenvalue weighted by atomic mass is 10.0. The van der Waals surface area contributed by atoms with Gasteiger partial charge in [0.25, 0.3) is 0 Å². The van der Waals surface area contributed by atoms with Gasteiger partial charge >= 0.3 is 5.97 Å². The number of nitrogens with zero attached hydrogens (tertiary/aromatic N) is 3. The fourth-order valence-electron chi connectivity index (χ4n) is 3.94. The van der Waals surface area contributed by atoms with E-state index in [2.05, 4.69) is 9.97 Å². The van der Waals surface area contributed by atoms with Crippen LogP contribution >= 0.6 is 11.3 Å². The van der Waals surface area contributed by atoms with E-state index >= 15 is 0 Å². The summed E-state index contributed by atoms with van der Waals surface area (Å²) in [6.07, 6.45) is 2.55. The predicted molar refractivity (Wildman–Crippen MR) is 119 cm³/mol. The SMILES string of the molecule is N#CC(=C(O)COC(=O)c1c2c(nc3ccccc13)CCC2)c1nc2ccccc2s1. The van der Waals surface area contributed by atoms with E-state index in [1.165, 1.54) is 11.3 Å². The van der Waals surface area contributed by atoms with Gasteiger partial charge in [0, 0.05) is 11.1 Å². The van der Waals surface area contributed by atoms with Crippen LogP contribution in [0.25, 0.3) is 26.7 Å². The van der Waals surface area contributed by atoms with Gasteiger partial charge in [-0.1, -0.05) is 30.3 Å². The molecule has 2 heterocycles. The summed E-state index contributed by atoms with van der Waals surface area (Å²) in [5, 5.41) is 21.2. The molecule has 0 aliphatic heterocycles. The molecule has 4 aromatic rings. The van der Waals surface area contributed by atoms with Gasteiger partial charge < -0.3 is 9.84 Å². The highest BCUT2D eigenvalue weighted by molar-refractivity contribution is 7.19. The Morgan fingerprint density at radius 3 is 2.68 bits per heavy atom. The number of aryl methyl sites for hydroxylation is 1. The van der Waals surface area contributed by atoms with Gasteiger partial charge in [0.1, 0.15) is 23.3 Å². The highest BCUT2D eigenvalue weighted by Crippen LogP contribution is 2.31. The molecular weight excluding hydrogens is 410 g/mol. The molecule has 0 atom stereocenters. The Bertz CT molecular complexity index is 1380. The number of carbonyl (C=O) groups is 1. The van der Waals surface area contributed by atoms with Crippen LogP contribution in [0.3, 0.4) is 0 Å². The number of nitriles is 1. The number of carbonyl (C=O) groups excluding carboxylic acids is 1. The number of aromatic nitrogens is 2.